The highest BCUT2D eigenvalue weighted by Gasteiger charge is 2.23. The Hall–Kier alpha value is -4.79. The van der Waals surface area contributed by atoms with E-state index in [-0.39, 0.29) is 17.9 Å². The summed E-state index contributed by atoms with van der Waals surface area (Å²) in [5, 5.41) is 19.6. The van der Waals surface area contributed by atoms with Gasteiger partial charge in [0.25, 0.3) is 5.91 Å². The lowest BCUT2D eigenvalue weighted by molar-refractivity contribution is 0.0943. The third-order valence-corrected chi connectivity index (χ3v) is 7.86. The fourth-order valence-electron chi connectivity index (χ4n) is 5.83. The van der Waals surface area contributed by atoms with Gasteiger partial charge in [-0.25, -0.2) is 9.67 Å². The van der Waals surface area contributed by atoms with Crippen LogP contribution in [-0.4, -0.2) is 46.3 Å². The van der Waals surface area contributed by atoms with E-state index in [1.807, 2.05) is 67.6 Å². The van der Waals surface area contributed by atoms with Crippen molar-refractivity contribution < 1.29 is 4.79 Å². The second-order valence-electron chi connectivity index (χ2n) is 11.9. The van der Waals surface area contributed by atoms with Gasteiger partial charge in [-0.2, -0.15) is 15.3 Å². The van der Waals surface area contributed by atoms with Gasteiger partial charge < -0.3 is 5.32 Å². The molecule has 4 heterocycles. The van der Waals surface area contributed by atoms with Crippen LogP contribution in [0.3, 0.4) is 0 Å². The average molecular weight is 575 g/mol. The van der Waals surface area contributed by atoms with Gasteiger partial charge in [0.15, 0.2) is 5.65 Å². The minimum atomic E-state index is -0.0464. The molecular formula is C34H38N8O. The zero-order chi connectivity index (χ0) is 30.4. The van der Waals surface area contributed by atoms with E-state index >= 15 is 0 Å². The van der Waals surface area contributed by atoms with Crippen molar-refractivity contribution in [2.45, 2.75) is 66.5 Å². The smallest absolute Gasteiger partial charge is 0.251 e. The van der Waals surface area contributed by atoms with Crippen molar-refractivity contribution in [2.75, 3.05) is 0 Å². The maximum atomic E-state index is 12.3. The number of nitrogens with zero attached hydrogens (tertiary/aromatic N) is 7. The molecule has 0 saturated heterocycles. The Balaban J connectivity index is 1.32. The zero-order valence-electron chi connectivity index (χ0n) is 25.9. The first kappa shape index (κ1) is 28.3. The van der Waals surface area contributed by atoms with E-state index in [9.17, 15) is 4.79 Å². The number of benzene rings is 2. The molecule has 1 N–H and O–H groups in total. The molecule has 0 bridgehead atoms. The first-order chi connectivity index (χ1) is 20.6. The summed E-state index contributed by atoms with van der Waals surface area (Å²) in [7, 11) is 1.91. The molecule has 2 aromatic carbocycles. The third kappa shape index (κ3) is 5.43. The summed E-state index contributed by atoms with van der Waals surface area (Å²) in [6, 6.07) is 16.3. The van der Waals surface area contributed by atoms with E-state index in [0.717, 1.165) is 68.8 Å². The highest BCUT2D eigenvalue weighted by atomic mass is 16.1. The normalized spacial score (nSPS) is 11.8. The average Bonchev–Trinajstić information content (AvgIpc) is 3.64. The van der Waals surface area contributed by atoms with Gasteiger partial charge in [0.2, 0.25) is 0 Å². The minimum Gasteiger partial charge on any atom is -0.350 e. The number of nitrogens with one attached hydrogen (secondary N) is 1. The number of rotatable bonds is 8. The van der Waals surface area contributed by atoms with E-state index in [1.165, 1.54) is 5.56 Å². The SMILES string of the molecule is Cc1nc2nn(C)cc2cc1-n1nc(-c2cccc3nn(CCc4ccc(C(=O)NC(C)C)cc4)cc23)c(C(C)C)c1C. The maximum absolute atomic E-state index is 12.3. The molecule has 0 atom stereocenters. The second-order valence-corrected chi connectivity index (χ2v) is 11.9. The van der Waals surface area contributed by atoms with Gasteiger partial charge in [0, 0.05) is 65.2 Å². The Bertz CT molecular complexity index is 1960. The molecule has 0 aliphatic carbocycles. The molecular weight excluding hydrogens is 536 g/mol. The van der Waals surface area contributed by atoms with Crippen LogP contribution in [0.5, 0.6) is 0 Å². The fourth-order valence-corrected chi connectivity index (χ4v) is 5.83. The third-order valence-electron chi connectivity index (χ3n) is 7.86. The summed E-state index contributed by atoms with van der Waals surface area (Å²) in [5.74, 6) is 0.227. The number of carbonyl (C=O) groups excluding carboxylic acids is 1. The van der Waals surface area contributed by atoms with Crippen LogP contribution in [-0.2, 0) is 20.0 Å². The number of pyridine rings is 1. The van der Waals surface area contributed by atoms with Gasteiger partial charge in [-0.15, -0.1) is 0 Å². The Kier molecular flexibility index (Phi) is 7.33. The molecule has 9 nitrogen and oxygen atoms in total. The lowest BCUT2D eigenvalue weighted by atomic mass is 9.95. The van der Waals surface area contributed by atoms with E-state index in [1.54, 1.807) is 4.68 Å². The number of hydrogen-bond donors (Lipinski definition) is 1. The summed E-state index contributed by atoms with van der Waals surface area (Å²) < 4.78 is 5.84. The summed E-state index contributed by atoms with van der Waals surface area (Å²) in [6.45, 7) is 13.2. The van der Waals surface area contributed by atoms with Crippen molar-refractivity contribution >= 4 is 27.8 Å². The van der Waals surface area contributed by atoms with Gasteiger partial charge in [-0.3, -0.25) is 14.2 Å². The maximum Gasteiger partial charge on any atom is 0.251 e. The number of aryl methyl sites for hydroxylation is 4. The summed E-state index contributed by atoms with van der Waals surface area (Å²) in [5.41, 5.74) is 9.72. The standard InChI is InChI=1S/C34H38N8O/c1-20(2)31-23(6)42(30-17-26-18-40(7)39-33(26)36-22(30)5)38-32(31)27-9-8-10-29-28(27)19-41(37-29)16-15-24-11-13-25(14-12-24)34(43)35-21(3)4/h8-14,17-21H,15-16H2,1-7H3,(H,35,43). The summed E-state index contributed by atoms with van der Waals surface area (Å²) >= 11 is 0. The van der Waals surface area contributed by atoms with Crippen molar-refractivity contribution in [2.24, 2.45) is 7.05 Å². The molecule has 4 aromatic heterocycles. The van der Waals surface area contributed by atoms with E-state index in [4.69, 9.17) is 15.2 Å². The quantitative estimate of drug-likeness (QED) is 0.230. The Morgan fingerprint density at radius 3 is 2.44 bits per heavy atom. The molecule has 0 fully saturated rings. The van der Waals surface area contributed by atoms with Crippen LogP contribution in [0, 0.1) is 13.8 Å². The molecule has 1 amide bonds. The molecule has 0 aliphatic heterocycles. The first-order valence-corrected chi connectivity index (χ1v) is 14.9. The molecule has 6 rings (SSSR count). The van der Waals surface area contributed by atoms with Crippen LogP contribution in [0.25, 0.3) is 38.9 Å². The van der Waals surface area contributed by atoms with Crippen LogP contribution < -0.4 is 5.32 Å². The van der Waals surface area contributed by atoms with Crippen LogP contribution in [0.4, 0.5) is 0 Å². The molecule has 43 heavy (non-hydrogen) atoms. The lowest BCUT2D eigenvalue weighted by Gasteiger charge is -2.10. The minimum absolute atomic E-state index is 0.0464. The van der Waals surface area contributed by atoms with E-state index in [2.05, 4.69) is 61.6 Å². The topological polar surface area (TPSA) is 95.4 Å². The number of fused-ring (bicyclic) bond motifs is 2. The van der Waals surface area contributed by atoms with Gasteiger partial charge >= 0.3 is 0 Å². The van der Waals surface area contributed by atoms with Gasteiger partial charge in [-0.1, -0.05) is 38.1 Å². The van der Waals surface area contributed by atoms with Crippen LogP contribution in [0.2, 0.25) is 0 Å². The summed E-state index contributed by atoms with van der Waals surface area (Å²) in [6.07, 6.45) is 4.92. The van der Waals surface area contributed by atoms with Crippen LogP contribution in [0.15, 0.2) is 60.9 Å². The number of aromatic nitrogens is 7. The van der Waals surface area contributed by atoms with E-state index in [0.29, 0.717) is 5.56 Å². The first-order valence-electron chi connectivity index (χ1n) is 14.9. The van der Waals surface area contributed by atoms with Gasteiger partial charge in [0.1, 0.15) is 0 Å². The van der Waals surface area contributed by atoms with E-state index < -0.39 is 0 Å². The van der Waals surface area contributed by atoms with Crippen molar-refractivity contribution in [1.29, 1.82) is 0 Å². The summed E-state index contributed by atoms with van der Waals surface area (Å²) in [4.78, 5) is 17.1. The molecule has 6 aromatic rings. The fraction of sp³-hybridized carbons (Fsp3) is 0.324. The van der Waals surface area contributed by atoms with Crippen molar-refractivity contribution in [3.8, 4) is 16.9 Å². The van der Waals surface area contributed by atoms with Crippen LogP contribution >= 0.6 is 0 Å². The Morgan fingerprint density at radius 2 is 1.72 bits per heavy atom. The van der Waals surface area contributed by atoms with Gasteiger partial charge in [-0.05, 0) is 69.9 Å². The van der Waals surface area contributed by atoms with Crippen molar-refractivity contribution in [1.82, 2.24) is 39.6 Å². The second kappa shape index (κ2) is 11.1. The molecule has 0 spiro atoms. The lowest BCUT2D eigenvalue weighted by Crippen LogP contribution is -2.29. The largest absolute Gasteiger partial charge is 0.350 e. The van der Waals surface area contributed by atoms with Crippen molar-refractivity contribution in [3.63, 3.8) is 0 Å². The molecule has 0 aliphatic rings. The van der Waals surface area contributed by atoms with Crippen LogP contribution in [0.1, 0.15) is 66.5 Å². The number of amides is 1. The Labute approximate surface area is 251 Å². The number of hydrogen-bond acceptors (Lipinski definition) is 5. The zero-order valence-corrected chi connectivity index (χ0v) is 25.9. The molecule has 0 saturated carbocycles. The molecule has 0 radical (unpaired) electrons. The molecule has 9 heteroatoms. The van der Waals surface area contributed by atoms with Gasteiger partial charge in [0.05, 0.1) is 22.6 Å². The Morgan fingerprint density at radius 1 is 0.953 bits per heavy atom. The predicted octanol–water partition coefficient (Wildman–Crippen LogP) is 6.29. The number of carbonyl (C=O) groups is 1. The predicted molar refractivity (Wildman–Crippen MR) is 171 cm³/mol. The molecule has 220 valence electrons. The highest BCUT2D eigenvalue weighted by molar-refractivity contribution is 5.95. The molecule has 0 unspecified atom stereocenters. The van der Waals surface area contributed by atoms with Crippen molar-refractivity contribution in [3.05, 3.63) is 89.0 Å². The highest BCUT2D eigenvalue weighted by Crippen LogP contribution is 2.36. The monoisotopic (exact) mass is 574 g/mol.